The maximum Gasteiger partial charge on any atom is 0.264 e. The first-order valence-corrected chi connectivity index (χ1v) is 14.5. The third-order valence-corrected chi connectivity index (χ3v) is 8.73. The highest BCUT2D eigenvalue weighted by Crippen LogP contribution is 2.33. The average molecular weight is 617 g/mol. The number of likely N-dealkylation sites (N-methyl/N-ethyl adjacent to an activating group) is 1. The predicted molar refractivity (Wildman–Crippen MR) is 153 cm³/mol. The van der Waals surface area contributed by atoms with Crippen LogP contribution >= 0.6 is 46.4 Å². The Hall–Kier alpha value is -2.49. The van der Waals surface area contributed by atoms with Crippen LogP contribution in [0.25, 0.3) is 0 Å². The summed E-state index contributed by atoms with van der Waals surface area (Å²) in [5, 5.41) is 3.57. The van der Waals surface area contributed by atoms with Gasteiger partial charge in [-0.05, 0) is 56.3 Å². The highest BCUT2D eigenvalue weighted by molar-refractivity contribution is 7.92. The number of nitrogens with one attached hydrogen (secondary N) is 1. The van der Waals surface area contributed by atoms with Crippen molar-refractivity contribution >= 4 is 73.9 Å². The standard InChI is InChI=1S/C26H25Cl4N3O4S/c1-3-31-26(35)17(2)32(15-20-21(28)10-7-11-22(20)29)25(34)16-33(24-14-18(27)12-13-23(24)30)38(36,37)19-8-5-4-6-9-19/h4-14,17H,3,15-16H2,1-2H3,(H,31,35)/t17-/m0/s1. The topological polar surface area (TPSA) is 86.8 Å². The largest absolute Gasteiger partial charge is 0.355 e. The summed E-state index contributed by atoms with van der Waals surface area (Å²) in [4.78, 5) is 27.8. The second-order valence-electron chi connectivity index (χ2n) is 8.21. The molecule has 0 aromatic heterocycles. The van der Waals surface area contributed by atoms with Crippen LogP contribution in [-0.4, -0.2) is 44.3 Å². The first kappa shape index (κ1) is 30.1. The highest BCUT2D eigenvalue weighted by atomic mass is 35.5. The molecular formula is C26H25Cl4N3O4S. The van der Waals surface area contributed by atoms with Gasteiger partial charge in [0.15, 0.2) is 0 Å². The maximum atomic E-state index is 13.9. The fraction of sp³-hybridized carbons (Fsp3) is 0.231. The Morgan fingerprint density at radius 1 is 0.895 bits per heavy atom. The summed E-state index contributed by atoms with van der Waals surface area (Å²) >= 11 is 25.3. The number of nitrogens with zero attached hydrogens (tertiary/aromatic N) is 2. The molecule has 202 valence electrons. The monoisotopic (exact) mass is 615 g/mol. The number of rotatable bonds is 10. The van der Waals surface area contributed by atoms with Crippen molar-refractivity contribution in [1.29, 1.82) is 0 Å². The number of benzene rings is 3. The van der Waals surface area contributed by atoms with Gasteiger partial charge in [0, 0.05) is 33.7 Å². The van der Waals surface area contributed by atoms with Crippen LogP contribution in [0.1, 0.15) is 19.4 Å². The van der Waals surface area contributed by atoms with Crippen LogP contribution < -0.4 is 9.62 Å². The Bertz CT molecular complexity index is 1400. The number of hydrogen-bond donors (Lipinski definition) is 1. The summed E-state index contributed by atoms with van der Waals surface area (Å²) < 4.78 is 28.4. The van der Waals surface area contributed by atoms with Gasteiger partial charge in [-0.2, -0.15) is 0 Å². The molecule has 1 atom stereocenters. The lowest BCUT2D eigenvalue weighted by Gasteiger charge is -2.32. The molecule has 3 rings (SSSR count). The molecule has 0 saturated heterocycles. The molecule has 7 nitrogen and oxygen atoms in total. The van der Waals surface area contributed by atoms with E-state index in [2.05, 4.69) is 5.32 Å². The van der Waals surface area contributed by atoms with Crippen LogP contribution in [0.5, 0.6) is 0 Å². The summed E-state index contributed by atoms with van der Waals surface area (Å²) in [5.41, 5.74) is 0.427. The van der Waals surface area contributed by atoms with E-state index in [9.17, 15) is 18.0 Å². The van der Waals surface area contributed by atoms with E-state index in [4.69, 9.17) is 46.4 Å². The zero-order valence-corrected chi connectivity index (χ0v) is 24.3. The normalized spacial score (nSPS) is 12.1. The van der Waals surface area contributed by atoms with Crippen molar-refractivity contribution in [2.45, 2.75) is 31.3 Å². The Kier molecular flexibility index (Phi) is 10.3. The van der Waals surface area contributed by atoms with Crippen molar-refractivity contribution in [2.24, 2.45) is 0 Å². The van der Waals surface area contributed by atoms with Gasteiger partial charge in [0.1, 0.15) is 12.6 Å². The molecule has 0 heterocycles. The fourth-order valence-electron chi connectivity index (χ4n) is 3.67. The number of anilines is 1. The second kappa shape index (κ2) is 13.0. The second-order valence-corrected chi connectivity index (χ2v) is 11.7. The summed E-state index contributed by atoms with van der Waals surface area (Å²) in [7, 11) is -4.28. The zero-order valence-electron chi connectivity index (χ0n) is 20.5. The quantitative estimate of drug-likeness (QED) is 0.300. The van der Waals surface area contributed by atoms with Crippen molar-refractivity contribution < 1.29 is 18.0 Å². The number of halogens is 4. The van der Waals surface area contributed by atoms with E-state index >= 15 is 0 Å². The van der Waals surface area contributed by atoms with Crippen LogP contribution in [0.15, 0.2) is 71.6 Å². The van der Waals surface area contributed by atoms with Crippen molar-refractivity contribution in [2.75, 3.05) is 17.4 Å². The van der Waals surface area contributed by atoms with Crippen LogP contribution in [-0.2, 0) is 26.2 Å². The summed E-state index contributed by atoms with van der Waals surface area (Å²) in [6.07, 6.45) is 0. The Morgan fingerprint density at radius 3 is 2.13 bits per heavy atom. The van der Waals surface area contributed by atoms with E-state index in [1.54, 1.807) is 43.3 Å². The molecule has 0 aliphatic heterocycles. The molecule has 0 saturated carbocycles. The first-order valence-electron chi connectivity index (χ1n) is 11.5. The minimum Gasteiger partial charge on any atom is -0.355 e. The molecule has 3 aromatic rings. The maximum absolute atomic E-state index is 13.9. The van der Waals surface area contributed by atoms with E-state index in [0.29, 0.717) is 22.2 Å². The van der Waals surface area contributed by atoms with Crippen LogP contribution in [0.3, 0.4) is 0 Å². The molecule has 2 amide bonds. The average Bonchev–Trinajstić information content (AvgIpc) is 2.88. The number of carbonyl (C=O) groups is 2. The van der Waals surface area contributed by atoms with E-state index in [1.165, 1.54) is 42.2 Å². The lowest BCUT2D eigenvalue weighted by Crippen LogP contribution is -2.51. The molecule has 0 aliphatic carbocycles. The van der Waals surface area contributed by atoms with Crippen molar-refractivity contribution in [3.05, 3.63) is 92.4 Å². The van der Waals surface area contributed by atoms with E-state index in [0.717, 1.165) is 4.31 Å². The van der Waals surface area contributed by atoms with Gasteiger partial charge >= 0.3 is 0 Å². The molecule has 0 unspecified atom stereocenters. The molecule has 3 aromatic carbocycles. The Morgan fingerprint density at radius 2 is 1.53 bits per heavy atom. The Balaban J connectivity index is 2.10. The zero-order chi connectivity index (χ0) is 28.0. The first-order chi connectivity index (χ1) is 18.0. The van der Waals surface area contributed by atoms with Gasteiger partial charge in [0.25, 0.3) is 10.0 Å². The minimum atomic E-state index is -4.28. The molecule has 12 heteroatoms. The Labute approximate surface area is 242 Å². The summed E-state index contributed by atoms with van der Waals surface area (Å²) in [5.74, 6) is -1.11. The molecule has 38 heavy (non-hydrogen) atoms. The lowest BCUT2D eigenvalue weighted by molar-refractivity contribution is -0.139. The fourth-order valence-corrected chi connectivity index (χ4v) is 6.07. The smallest absolute Gasteiger partial charge is 0.264 e. The SMILES string of the molecule is CCNC(=O)[C@H](C)N(Cc1c(Cl)cccc1Cl)C(=O)CN(c1cc(Cl)ccc1Cl)S(=O)(=O)c1ccccc1. The van der Waals surface area contributed by atoms with Gasteiger partial charge in [-0.15, -0.1) is 0 Å². The molecule has 0 fully saturated rings. The van der Waals surface area contributed by atoms with E-state index in [1.807, 2.05) is 0 Å². The van der Waals surface area contributed by atoms with E-state index in [-0.39, 0.29) is 27.2 Å². The van der Waals surface area contributed by atoms with Crippen molar-refractivity contribution in [3.8, 4) is 0 Å². The number of sulfonamides is 1. The minimum absolute atomic E-state index is 0.0118. The van der Waals surface area contributed by atoms with Gasteiger partial charge in [0.2, 0.25) is 11.8 Å². The van der Waals surface area contributed by atoms with Crippen molar-refractivity contribution in [1.82, 2.24) is 10.2 Å². The van der Waals surface area contributed by atoms with Crippen LogP contribution in [0.2, 0.25) is 20.1 Å². The van der Waals surface area contributed by atoms with Gasteiger partial charge in [-0.25, -0.2) is 8.42 Å². The van der Waals surface area contributed by atoms with Gasteiger partial charge in [-0.1, -0.05) is 70.7 Å². The van der Waals surface area contributed by atoms with Gasteiger partial charge < -0.3 is 10.2 Å². The molecule has 0 aliphatic rings. The number of amides is 2. The van der Waals surface area contributed by atoms with Crippen LogP contribution in [0.4, 0.5) is 5.69 Å². The molecule has 1 N–H and O–H groups in total. The molecule has 0 bridgehead atoms. The van der Waals surface area contributed by atoms with Crippen molar-refractivity contribution in [3.63, 3.8) is 0 Å². The predicted octanol–water partition coefficient (Wildman–Crippen LogP) is 6.05. The van der Waals surface area contributed by atoms with Crippen LogP contribution in [0, 0.1) is 0 Å². The van der Waals surface area contributed by atoms with Gasteiger partial charge in [-0.3, -0.25) is 13.9 Å². The summed E-state index contributed by atoms with van der Waals surface area (Å²) in [6, 6.07) is 15.8. The lowest BCUT2D eigenvalue weighted by atomic mass is 10.1. The third kappa shape index (κ3) is 6.93. The van der Waals surface area contributed by atoms with Gasteiger partial charge in [0.05, 0.1) is 15.6 Å². The third-order valence-electron chi connectivity index (χ3n) is 5.70. The molecular weight excluding hydrogens is 592 g/mol. The highest BCUT2D eigenvalue weighted by Gasteiger charge is 2.34. The molecule has 0 spiro atoms. The number of carbonyl (C=O) groups excluding carboxylic acids is 2. The van der Waals surface area contributed by atoms with E-state index < -0.39 is 34.4 Å². The summed E-state index contributed by atoms with van der Waals surface area (Å²) in [6.45, 7) is 2.80. The molecule has 0 radical (unpaired) electrons. The number of hydrogen-bond acceptors (Lipinski definition) is 4.